The normalized spacial score (nSPS) is 32.0. The fourth-order valence-corrected chi connectivity index (χ4v) is 2.11. The Bertz CT molecular complexity index is 140. The van der Waals surface area contributed by atoms with Crippen molar-refractivity contribution in [3.8, 4) is 0 Å². The fourth-order valence-electron chi connectivity index (χ4n) is 1.31. The molecule has 1 unspecified atom stereocenters. The molecule has 0 radical (unpaired) electrons. The summed E-state index contributed by atoms with van der Waals surface area (Å²) in [5, 5.41) is 5.48. The summed E-state index contributed by atoms with van der Waals surface area (Å²) in [6.45, 7) is 2.01. The van der Waals surface area contributed by atoms with Gasteiger partial charge in [-0.1, -0.05) is 0 Å². The first-order valence-corrected chi connectivity index (χ1v) is 4.81. The SMILES string of the molecule is CN1CCCC([S@](N)=O)C1. The third kappa shape index (κ3) is 2.04. The number of rotatable bonds is 1. The van der Waals surface area contributed by atoms with Gasteiger partial charge in [0.25, 0.3) is 0 Å². The van der Waals surface area contributed by atoms with Gasteiger partial charge in [0, 0.05) is 6.54 Å². The number of nitrogens with two attached hydrogens (primary N) is 1. The predicted octanol–water partition coefficient (Wildman–Crippen LogP) is -0.297. The first-order chi connectivity index (χ1) is 4.70. The summed E-state index contributed by atoms with van der Waals surface area (Å²) in [5.74, 6) is 0. The molecule has 3 nitrogen and oxygen atoms in total. The van der Waals surface area contributed by atoms with E-state index in [-0.39, 0.29) is 5.25 Å². The zero-order valence-electron chi connectivity index (χ0n) is 6.25. The largest absolute Gasteiger partial charge is 0.305 e. The maximum absolute atomic E-state index is 10.8. The van der Waals surface area contributed by atoms with E-state index in [0.29, 0.717) is 0 Å². The lowest BCUT2D eigenvalue weighted by Crippen LogP contribution is -2.39. The van der Waals surface area contributed by atoms with Crippen LogP contribution in [0.15, 0.2) is 0 Å². The Morgan fingerprint density at radius 2 is 2.40 bits per heavy atom. The highest BCUT2D eigenvalue weighted by molar-refractivity contribution is 7.83. The molecule has 2 atom stereocenters. The Morgan fingerprint density at radius 1 is 1.70 bits per heavy atom. The predicted molar refractivity (Wildman–Crippen MR) is 42.8 cm³/mol. The van der Waals surface area contributed by atoms with Crippen molar-refractivity contribution in [1.82, 2.24) is 4.90 Å². The lowest BCUT2D eigenvalue weighted by molar-refractivity contribution is 0.281. The van der Waals surface area contributed by atoms with Crippen molar-refractivity contribution in [2.75, 3.05) is 20.1 Å². The lowest BCUT2D eigenvalue weighted by Gasteiger charge is -2.27. The third-order valence-electron chi connectivity index (χ3n) is 1.91. The molecule has 0 aliphatic carbocycles. The smallest absolute Gasteiger partial charge is 0.0932 e. The standard InChI is InChI=1S/C6H14N2OS/c1-8-4-2-3-6(5-8)10(7)9/h6H,2-5,7H2,1H3/t6?,10-/m1/s1. The van der Waals surface area contributed by atoms with Crippen LogP contribution < -0.4 is 5.14 Å². The quantitative estimate of drug-likeness (QED) is 0.575. The van der Waals surface area contributed by atoms with Crippen molar-refractivity contribution >= 4 is 11.0 Å². The van der Waals surface area contributed by atoms with Crippen LogP contribution in [0.4, 0.5) is 0 Å². The van der Waals surface area contributed by atoms with Crippen LogP contribution in [0, 0.1) is 0 Å². The topological polar surface area (TPSA) is 46.3 Å². The van der Waals surface area contributed by atoms with Gasteiger partial charge in [-0.3, -0.25) is 5.14 Å². The van der Waals surface area contributed by atoms with Crippen LogP contribution in [0.5, 0.6) is 0 Å². The Balaban J connectivity index is 2.39. The molecular weight excluding hydrogens is 148 g/mol. The number of hydrogen-bond donors (Lipinski definition) is 1. The Morgan fingerprint density at radius 3 is 2.80 bits per heavy atom. The maximum atomic E-state index is 10.8. The second-order valence-electron chi connectivity index (χ2n) is 2.86. The summed E-state index contributed by atoms with van der Waals surface area (Å²) >= 11 is 0. The van der Waals surface area contributed by atoms with E-state index in [2.05, 4.69) is 4.90 Å². The molecule has 1 aliphatic rings. The van der Waals surface area contributed by atoms with Gasteiger partial charge < -0.3 is 4.90 Å². The lowest BCUT2D eigenvalue weighted by atomic mass is 10.1. The summed E-state index contributed by atoms with van der Waals surface area (Å²) in [5.41, 5.74) is 0. The van der Waals surface area contributed by atoms with Crippen LogP contribution in [-0.2, 0) is 11.0 Å². The second kappa shape index (κ2) is 3.46. The van der Waals surface area contributed by atoms with E-state index in [4.69, 9.17) is 5.14 Å². The number of nitrogens with zero attached hydrogens (tertiary/aromatic N) is 1. The van der Waals surface area contributed by atoms with Gasteiger partial charge in [-0.25, -0.2) is 4.21 Å². The molecule has 0 spiro atoms. The Labute approximate surface area is 64.2 Å². The van der Waals surface area contributed by atoms with E-state index < -0.39 is 11.0 Å². The Kier molecular flexibility index (Phi) is 2.82. The van der Waals surface area contributed by atoms with E-state index in [1.165, 1.54) is 0 Å². The number of piperidine rings is 1. The van der Waals surface area contributed by atoms with Crippen molar-refractivity contribution in [2.45, 2.75) is 18.1 Å². The molecule has 1 aliphatic heterocycles. The molecule has 0 bridgehead atoms. The maximum Gasteiger partial charge on any atom is 0.0932 e. The van der Waals surface area contributed by atoms with E-state index in [0.717, 1.165) is 25.9 Å². The van der Waals surface area contributed by atoms with E-state index in [1.54, 1.807) is 0 Å². The van der Waals surface area contributed by atoms with Crippen LogP contribution in [0.3, 0.4) is 0 Å². The summed E-state index contributed by atoms with van der Waals surface area (Å²) in [7, 11) is 0.926. The second-order valence-corrected chi connectivity index (χ2v) is 4.18. The summed E-state index contributed by atoms with van der Waals surface area (Å²) < 4.78 is 10.8. The van der Waals surface area contributed by atoms with Crippen molar-refractivity contribution in [3.63, 3.8) is 0 Å². The highest BCUT2D eigenvalue weighted by Crippen LogP contribution is 2.10. The molecule has 1 saturated heterocycles. The monoisotopic (exact) mass is 162 g/mol. The summed E-state index contributed by atoms with van der Waals surface area (Å²) in [6, 6.07) is 0. The van der Waals surface area contributed by atoms with E-state index in [9.17, 15) is 4.21 Å². The minimum atomic E-state index is -1.11. The van der Waals surface area contributed by atoms with Gasteiger partial charge in [0.2, 0.25) is 0 Å². The fraction of sp³-hybridized carbons (Fsp3) is 1.00. The Hall–Kier alpha value is 0.0700. The van der Waals surface area contributed by atoms with Gasteiger partial charge in [0.1, 0.15) is 0 Å². The zero-order valence-corrected chi connectivity index (χ0v) is 7.06. The highest BCUT2D eigenvalue weighted by atomic mass is 32.2. The van der Waals surface area contributed by atoms with Crippen molar-refractivity contribution in [1.29, 1.82) is 0 Å². The van der Waals surface area contributed by atoms with Crippen LogP contribution >= 0.6 is 0 Å². The minimum Gasteiger partial charge on any atom is -0.305 e. The first-order valence-electron chi connectivity index (χ1n) is 3.53. The highest BCUT2D eigenvalue weighted by Gasteiger charge is 2.19. The van der Waals surface area contributed by atoms with E-state index in [1.807, 2.05) is 7.05 Å². The van der Waals surface area contributed by atoms with Gasteiger partial charge in [-0.2, -0.15) is 0 Å². The molecule has 0 amide bonds. The van der Waals surface area contributed by atoms with Crippen LogP contribution in [0.2, 0.25) is 0 Å². The minimum absolute atomic E-state index is 0.207. The average molecular weight is 162 g/mol. The third-order valence-corrected chi connectivity index (χ3v) is 2.95. The molecule has 0 saturated carbocycles. The molecule has 1 heterocycles. The summed E-state index contributed by atoms with van der Waals surface area (Å²) in [4.78, 5) is 2.18. The van der Waals surface area contributed by atoms with E-state index >= 15 is 0 Å². The molecule has 4 heteroatoms. The van der Waals surface area contributed by atoms with Crippen molar-refractivity contribution in [2.24, 2.45) is 5.14 Å². The molecule has 0 aromatic carbocycles. The number of hydrogen-bond acceptors (Lipinski definition) is 2. The molecule has 2 N–H and O–H groups in total. The zero-order chi connectivity index (χ0) is 7.56. The number of likely N-dealkylation sites (tertiary alicyclic amines) is 1. The average Bonchev–Trinajstić information content (AvgIpc) is 1.88. The molecule has 1 fully saturated rings. The molecular formula is C6H14N2OS. The van der Waals surface area contributed by atoms with Crippen LogP contribution in [0.1, 0.15) is 12.8 Å². The van der Waals surface area contributed by atoms with Crippen molar-refractivity contribution < 1.29 is 4.21 Å². The molecule has 1 rings (SSSR count). The van der Waals surface area contributed by atoms with Crippen molar-refractivity contribution in [3.05, 3.63) is 0 Å². The van der Waals surface area contributed by atoms with Gasteiger partial charge >= 0.3 is 0 Å². The molecule has 60 valence electrons. The van der Waals surface area contributed by atoms with Gasteiger partial charge in [-0.15, -0.1) is 0 Å². The van der Waals surface area contributed by atoms with Crippen LogP contribution in [0.25, 0.3) is 0 Å². The van der Waals surface area contributed by atoms with Gasteiger partial charge in [0.05, 0.1) is 16.2 Å². The van der Waals surface area contributed by atoms with Gasteiger partial charge in [-0.05, 0) is 26.4 Å². The molecule has 10 heavy (non-hydrogen) atoms. The molecule has 0 aromatic rings. The summed E-state index contributed by atoms with van der Waals surface area (Å²) in [6.07, 6.45) is 2.15. The first kappa shape index (κ1) is 8.17. The molecule has 0 aromatic heterocycles. The van der Waals surface area contributed by atoms with Crippen LogP contribution in [-0.4, -0.2) is 34.5 Å². The van der Waals surface area contributed by atoms with Gasteiger partial charge in [0.15, 0.2) is 0 Å².